The number of benzene rings is 2. The van der Waals surface area contributed by atoms with Crippen LogP contribution >= 0.6 is 0 Å². The van der Waals surface area contributed by atoms with E-state index in [0.717, 1.165) is 10.9 Å². The van der Waals surface area contributed by atoms with Gasteiger partial charge in [0.1, 0.15) is 17.6 Å². The number of esters is 1. The van der Waals surface area contributed by atoms with Gasteiger partial charge >= 0.3 is 5.97 Å². The van der Waals surface area contributed by atoms with Gasteiger partial charge in [-0.3, -0.25) is 14.4 Å². The molecule has 0 fully saturated rings. The van der Waals surface area contributed by atoms with E-state index >= 15 is 0 Å². The van der Waals surface area contributed by atoms with Crippen LogP contribution in [0.25, 0.3) is 10.9 Å². The molecule has 6 nitrogen and oxygen atoms in total. The first-order valence-electron chi connectivity index (χ1n) is 8.51. The molecule has 0 radical (unpaired) electrons. The van der Waals surface area contributed by atoms with Crippen molar-refractivity contribution in [3.63, 3.8) is 0 Å². The normalized spacial score (nSPS) is 16.1. The minimum atomic E-state index is -0.575. The predicted octanol–water partition coefficient (Wildman–Crippen LogP) is 3.54. The van der Waals surface area contributed by atoms with Gasteiger partial charge in [-0.2, -0.15) is 5.06 Å². The van der Waals surface area contributed by atoms with Gasteiger partial charge in [0.15, 0.2) is 0 Å². The Labute approximate surface area is 150 Å². The molecule has 1 aromatic heterocycles. The summed E-state index contributed by atoms with van der Waals surface area (Å²) in [6.45, 7) is 2.14. The Kier molecular flexibility index (Phi) is 4.18. The number of aromatic nitrogens is 1. The third-order valence-electron chi connectivity index (χ3n) is 4.33. The average molecular weight is 350 g/mol. The molecule has 2 heterocycles. The van der Waals surface area contributed by atoms with Crippen molar-refractivity contribution in [3.05, 3.63) is 66.4 Å². The summed E-state index contributed by atoms with van der Waals surface area (Å²) in [5.74, 6) is -0.202. The van der Waals surface area contributed by atoms with Crippen LogP contribution < -0.4 is 4.74 Å². The monoisotopic (exact) mass is 350 g/mol. The lowest BCUT2D eigenvalue weighted by atomic mass is 10.2. The van der Waals surface area contributed by atoms with Crippen molar-refractivity contribution in [2.24, 2.45) is 0 Å². The Balaban J connectivity index is 1.66. The summed E-state index contributed by atoms with van der Waals surface area (Å²) >= 11 is 0. The lowest BCUT2D eigenvalue weighted by Crippen LogP contribution is -2.32. The Hall–Kier alpha value is -3.12. The van der Waals surface area contributed by atoms with Crippen LogP contribution in [-0.2, 0) is 9.63 Å². The SMILES string of the molecule is CCON1C(=O)c2cc3ccccc3n2C1CC(=O)Oc1ccccc1. The molecule has 1 amide bonds. The summed E-state index contributed by atoms with van der Waals surface area (Å²) in [6, 6.07) is 18.4. The van der Waals surface area contributed by atoms with E-state index in [-0.39, 0.29) is 12.3 Å². The first kappa shape index (κ1) is 16.4. The number of amides is 1. The van der Waals surface area contributed by atoms with E-state index in [2.05, 4.69) is 0 Å². The number of hydrogen-bond donors (Lipinski definition) is 0. The first-order chi connectivity index (χ1) is 12.7. The molecule has 132 valence electrons. The van der Waals surface area contributed by atoms with Crippen molar-refractivity contribution in [2.45, 2.75) is 19.5 Å². The second kappa shape index (κ2) is 6.65. The molecule has 0 aliphatic carbocycles. The molecule has 3 aromatic rings. The van der Waals surface area contributed by atoms with Crippen molar-refractivity contribution in [2.75, 3.05) is 6.61 Å². The topological polar surface area (TPSA) is 60.8 Å². The molecular formula is C20H18N2O4. The molecule has 1 atom stereocenters. The maximum atomic E-state index is 12.7. The maximum Gasteiger partial charge on any atom is 0.315 e. The second-order valence-corrected chi connectivity index (χ2v) is 5.98. The molecule has 0 N–H and O–H groups in total. The Bertz CT molecular complexity index is 964. The fourth-order valence-electron chi connectivity index (χ4n) is 3.28. The largest absolute Gasteiger partial charge is 0.426 e. The molecular weight excluding hydrogens is 332 g/mol. The Morgan fingerprint density at radius 3 is 2.58 bits per heavy atom. The molecule has 6 heteroatoms. The molecule has 0 bridgehead atoms. The summed E-state index contributed by atoms with van der Waals surface area (Å²) in [4.78, 5) is 30.7. The van der Waals surface area contributed by atoms with Gasteiger partial charge in [0.25, 0.3) is 5.91 Å². The van der Waals surface area contributed by atoms with E-state index in [1.54, 1.807) is 31.2 Å². The van der Waals surface area contributed by atoms with Gasteiger partial charge in [-0.15, -0.1) is 0 Å². The van der Waals surface area contributed by atoms with Crippen LogP contribution in [0.5, 0.6) is 5.75 Å². The van der Waals surface area contributed by atoms with E-state index in [1.165, 1.54) is 5.06 Å². The molecule has 1 aliphatic rings. The average Bonchev–Trinajstić information content (AvgIpc) is 3.14. The maximum absolute atomic E-state index is 12.7. The zero-order valence-corrected chi connectivity index (χ0v) is 14.3. The van der Waals surface area contributed by atoms with Crippen LogP contribution in [-0.4, -0.2) is 28.1 Å². The minimum absolute atomic E-state index is 0.00763. The third-order valence-corrected chi connectivity index (χ3v) is 4.33. The Morgan fingerprint density at radius 2 is 1.81 bits per heavy atom. The number of hydrogen-bond acceptors (Lipinski definition) is 4. The van der Waals surface area contributed by atoms with Crippen LogP contribution in [0.1, 0.15) is 30.0 Å². The van der Waals surface area contributed by atoms with Crippen LogP contribution in [0.3, 0.4) is 0 Å². The van der Waals surface area contributed by atoms with E-state index in [1.807, 2.05) is 41.0 Å². The lowest BCUT2D eigenvalue weighted by Gasteiger charge is -2.24. The van der Waals surface area contributed by atoms with Crippen molar-refractivity contribution in [3.8, 4) is 5.75 Å². The third kappa shape index (κ3) is 2.74. The summed E-state index contributed by atoms with van der Waals surface area (Å²) in [7, 11) is 0. The number of fused-ring (bicyclic) bond motifs is 3. The van der Waals surface area contributed by atoms with E-state index < -0.39 is 12.1 Å². The number of hydroxylamine groups is 2. The van der Waals surface area contributed by atoms with Crippen LogP contribution in [0.2, 0.25) is 0 Å². The van der Waals surface area contributed by atoms with Crippen molar-refractivity contribution in [1.82, 2.24) is 9.63 Å². The molecule has 0 spiro atoms. The molecule has 0 saturated heterocycles. The van der Waals surface area contributed by atoms with Crippen LogP contribution in [0.4, 0.5) is 0 Å². The number of carbonyl (C=O) groups excluding carboxylic acids is 2. The highest BCUT2D eigenvalue weighted by Gasteiger charge is 2.40. The van der Waals surface area contributed by atoms with Gasteiger partial charge < -0.3 is 9.30 Å². The smallest absolute Gasteiger partial charge is 0.315 e. The highest BCUT2D eigenvalue weighted by atomic mass is 16.7. The Morgan fingerprint density at radius 1 is 1.08 bits per heavy atom. The standard InChI is InChI=1S/C20H18N2O4/c1-2-25-22-18(13-19(23)26-15-9-4-3-5-10-15)21-16-11-7-6-8-14(16)12-17(21)20(22)24/h3-12,18H,2,13H2,1H3. The zero-order valence-electron chi connectivity index (χ0n) is 14.3. The van der Waals surface area contributed by atoms with Crippen molar-refractivity contribution < 1.29 is 19.2 Å². The molecule has 2 aromatic carbocycles. The van der Waals surface area contributed by atoms with E-state index in [0.29, 0.717) is 18.1 Å². The predicted molar refractivity (Wildman–Crippen MR) is 95.5 cm³/mol. The number of nitrogens with zero attached hydrogens (tertiary/aromatic N) is 2. The summed E-state index contributed by atoms with van der Waals surface area (Å²) in [5.41, 5.74) is 1.40. The molecule has 1 aliphatic heterocycles. The lowest BCUT2D eigenvalue weighted by molar-refractivity contribution is -0.163. The van der Waals surface area contributed by atoms with Gasteiger partial charge in [0.2, 0.25) is 0 Å². The van der Waals surface area contributed by atoms with Gasteiger partial charge in [0, 0.05) is 5.39 Å². The molecule has 4 rings (SSSR count). The highest BCUT2D eigenvalue weighted by Crippen LogP contribution is 2.35. The zero-order chi connectivity index (χ0) is 18.1. The summed E-state index contributed by atoms with van der Waals surface area (Å²) < 4.78 is 7.24. The fourth-order valence-corrected chi connectivity index (χ4v) is 3.28. The highest BCUT2D eigenvalue weighted by molar-refractivity contribution is 6.01. The molecule has 26 heavy (non-hydrogen) atoms. The quantitative estimate of drug-likeness (QED) is 0.522. The van der Waals surface area contributed by atoms with Gasteiger partial charge in [0.05, 0.1) is 18.5 Å². The molecule has 1 unspecified atom stereocenters. The minimum Gasteiger partial charge on any atom is -0.426 e. The number of ether oxygens (including phenoxy) is 1. The van der Waals surface area contributed by atoms with E-state index in [9.17, 15) is 9.59 Å². The first-order valence-corrected chi connectivity index (χ1v) is 8.51. The molecule has 0 saturated carbocycles. The van der Waals surface area contributed by atoms with Gasteiger partial charge in [-0.1, -0.05) is 36.4 Å². The summed E-state index contributed by atoms with van der Waals surface area (Å²) in [6.07, 6.45) is -0.583. The van der Waals surface area contributed by atoms with Crippen molar-refractivity contribution >= 4 is 22.8 Å². The van der Waals surface area contributed by atoms with Crippen LogP contribution in [0, 0.1) is 0 Å². The second-order valence-electron chi connectivity index (χ2n) is 5.98. The van der Waals surface area contributed by atoms with Gasteiger partial charge in [-0.25, -0.2) is 0 Å². The van der Waals surface area contributed by atoms with Gasteiger partial charge in [-0.05, 0) is 31.2 Å². The number of carbonyl (C=O) groups is 2. The van der Waals surface area contributed by atoms with Crippen LogP contribution in [0.15, 0.2) is 60.7 Å². The van der Waals surface area contributed by atoms with E-state index in [4.69, 9.17) is 9.57 Å². The van der Waals surface area contributed by atoms with Crippen molar-refractivity contribution in [1.29, 1.82) is 0 Å². The summed E-state index contributed by atoms with van der Waals surface area (Å²) in [5, 5.41) is 2.22. The number of para-hydroxylation sites is 2. The fraction of sp³-hybridized carbons (Fsp3) is 0.200. The number of rotatable bonds is 5.